The lowest BCUT2D eigenvalue weighted by Gasteiger charge is -2.49. The summed E-state index contributed by atoms with van der Waals surface area (Å²) in [5, 5.41) is 73.8. The first-order valence-electron chi connectivity index (χ1n) is 20.1. The maximum Gasteiger partial charge on any atom is 0.311 e. The van der Waals surface area contributed by atoms with Crippen molar-refractivity contribution in [1.82, 2.24) is 4.90 Å². The molecule has 3 fully saturated rings. The van der Waals surface area contributed by atoms with E-state index in [9.17, 15) is 35.4 Å². The summed E-state index contributed by atoms with van der Waals surface area (Å²) in [5.41, 5.74) is 3.97. The molecule has 0 saturated carbocycles. The molecule has 6 N–H and O–H groups in total. The summed E-state index contributed by atoms with van der Waals surface area (Å²) in [4.78, 5) is 19.1. The average Bonchev–Trinajstić information content (AvgIpc) is 3.12. The van der Waals surface area contributed by atoms with Crippen LogP contribution in [0.4, 0.5) is 0 Å². The Kier molecular flexibility index (Phi) is 17.0. The third-order valence-corrected chi connectivity index (χ3v) is 12.9. The van der Waals surface area contributed by atoms with E-state index < -0.39 is 108 Å². The highest BCUT2D eigenvalue weighted by atomic mass is 16.7. The first-order valence-corrected chi connectivity index (χ1v) is 20.1. The molecule has 3 rings (SSSR count). The lowest BCUT2D eigenvalue weighted by Crippen LogP contribution is -2.62. The standard InChI is InChI=1S/C39H72N4O13/c1-19(2)43(12)26-16-21(4)52-36(30(26)45)56-34-23(6)31(55-28-18-38(10,51-13)33(47)25(8)53-28)24(7)35(48)54-27(14-15-41-42-40)39(11,50)32(46)22(5)29(44)20(3)17-37(34,9)49/h19-34,36,44-47,49-50H,14-18H2,1-13H3/t20-,21?,22+,23+,24-,25?,26?,27-,28?,29+,30?,31+,32-,33?,34-,36?,37-,38?,39-/m1/s1. The van der Waals surface area contributed by atoms with Crippen molar-refractivity contribution in [3.05, 3.63) is 10.4 Å². The first kappa shape index (κ1) is 48.7. The zero-order valence-corrected chi connectivity index (χ0v) is 35.7. The molecule has 8 unspecified atom stereocenters. The van der Waals surface area contributed by atoms with E-state index in [0.29, 0.717) is 6.42 Å². The molecule has 17 heteroatoms. The monoisotopic (exact) mass is 805 g/mol. The van der Waals surface area contributed by atoms with E-state index in [-0.39, 0.29) is 44.0 Å². The van der Waals surface area contributed by atoms with E-state index >= 15 is 0 Å². The van der Waals surface area contributed by atoms with E-state index in [1.165, 1.54) is 14.0 Å². The van der Waals surface area contributed by atoms with Crippen molar-refractivity contribution in [2.24, 2.45) is 28.8 Å². The zero-order chi connectivity index (χ0) is 42.7. The number of rotatable bonds is 10. The summed E-state index contributed by atoms with van der Waals surface area (Å²) in [5.74, 6) is -4.58. The normalized spacial score (nSPS) is 47.6. The van der Waals surface area contributed by atoms with Crippen molar-refractivity contribution in [3.8, 4) is 0 Å². The molecule has 0 aliphatic carbocycles. The second-order valence-corrected chi connectivity index (χ2v) is 17.8. The van der Waals surface area contributed by atoms with E-state index in [2.05, 4.69) is 10.0 Å². The minimum Gasteiger partial charge on any atom is -0.459 e. The minimum atomic E-state index is -2.12. The van der Waals surface area contributed by atoms with Crippen LogP contribution in [0, 0.1) is 23.7 Å². The van der Waals surface area contributed by atoms with Crippen LogP contribution in [0.2, 0.25) is 0 Å². The molecule has 3 saturated heterocycles. The lowest BCUT2D eigenvalue weighted by molar-refractivity contribution is -0.319. The second-order valence-electron chi connectivity index (χ2n) is 17.8. The Labute approximate surface area is 332 Å². The van der Waals surface area contributed by atoms with Crippen molar-refractivity contribution < 1.29 is 63.9 Å². The fourth-order valence-corrected chi connectivity index (χ4v) is 8.94. The number of ether oxygens (including phenoxy) is 6. The Balaban J connectivity index is 2.22. The van der Waals surface area contributed by atoms with Gasteiger partial charge in [0.25, 0.3) is 0 Å². The van der Waals surface area contributed by atoms with Gasteiger partial charge in [0, 0.05) is 48.9 Å². The van der Waals surface area contributed by atoms with Gasteiger partial charge in [0.15, 0.2) is 12.6 Å². The molecule has 0 radical (unpaired) electrons. The van der Waals surface area contributed by atoms with Crippen LogP contribution in [0.5, 0.6) is 0 Å². The molecule has 56 heavy (non-hydrogen) atoms. The Morgan fingerprint density at radius 2 is 1.57 bits per heavy atom. The van der Waals surface area contributed by atoms with Gasteiger partial charge in [-0.05, 0) is 93.1 Å². The van der Waals surface area contributed by atoms with Crippen LogP contribution < -0.4 is 0 Å². The molecule has 3 heterocycles. The number of cyclic esters (lactones) is 1. The van der Waals surface area contributed by atoms with Gasteiger partial charge >= 0.3 is 5.97 Å². The van der Waals surface area contributed by atoms with Gasteiger partial charge in [-0.2, -0.15) is 0 Å². The number of carbonyl (C=O) groups is 1. The maximum atomic E-state index is 14.3. The van der Waals surface area contributed by atoms with Crippen LogP contribution in [0.25, 0.3) is 10.4 Å². The van der Waals surface area contributed by atoms with Crippen molar-refractivity contribution >= 4 is 5.97 Å². The molecular formula is C39H72N4O13. The van der Waals surface area contributed by atoms with Gasteiger partial charge in [-0.25, -0.2) is 0 Å². The van der Waals surface area contributed by atoms with E-state index in [1.807, 2.05) is 32.7 Å². The van der Waals surface area contributed by atoms with Gasteiger partial charge in [-0.15, -0.1) is 0 Å². The molecule has 0 spiro atoms. The number of nitrogens with zero attached hydrogens (tertiary/aromatic N) is 4. The smallest absolute Gasteiger partial charge is 0.311 e. The number of aliphatic hydroxyl groups is 6. The van der Waals surface area contributed by atoms with Crippen molar-refractivity contribution in [2.75, 3.05) is 20.7 Å². The van der Waals surface area contributed by atoms with Gasteiger partial charge in [0.1, 0.15) is 23.9 Å². The molecular weight excluding hydrogens is 732 g/mol. The SMILES string of the molecule is COC1(C)CC(O[C@H]2[C@H](C)[C@@H](OC3OC(C)CC(N(C)C(C)C)C3O)[C@](C)(O)C[C@@H](C)[C@H](O)[C@H](C)[C@@H](O)[C@](C)(O)[C@@H](CCN=[N+]=[N-])OC(=O)[C@@H]2C)OC(C)C1O. The molecule has 0 aromatic heterocycles. The van der Waals surface area contributed by atoms with Crippen LogP contribution in [-0.4, -0.2) is 159 Å². The van der Waals surface area contributed by atoms with Crippen molar-refractivity contribution in [3.63, 3.8) is 0 Å². The molecule has 0 bridgehead atoms. The number of hydrogen-bond donors (Lipinski definition) is 6. The number of aliphatic hydroxyl groups excluding tert-OH is 4. The molecule has 3 aliphatic rings. The summed E-state index contributed by atoms with van der Waals surface area (Å²) in [7, 11) is 3.38. The molecule has 0 aromatic carbocycles. The number of esters is 1. The zero-order valence-electron chi connectivity index (χ0n) is 35.7. The van der Waals surface area contributed by atoms with Crippen LogP contribution in [0.3, 0.4) is 0 Å². The van der Waals surface area contributed by atoms with Gasteiger partial charge in [-0.1, -0.05) is 25.9 Å². The van der Waals surface area contributed by atoms with E-state index in [1.54, 1.807) is 48.5 Å². The third kappa shape index (κ3) is 10.9. The van der Waals surface area contributed by atoms with Crippen LogP contribution in [-0.2, 0) is 33.2 Å². The fourth-order valence-electron chi connectivity index (χ4n) is 8.94. The number of carbonyl (C=O) groups excluding carboxylic acids is 1. The Hall–Kier alpha value is -1.70. The number of likely N-dealkylation sites (N-methyl/N-ethyl adjacent to an activating group) is 1. The van der Waals surface area contributed by atoms with Crippen molar-refractivity contribution in [2.45, 2.75) is 198 Å². The van der Waals surface area contributed by atoms with Crippen LogP contribution in [0.15, 0.2) is 5.11 Å². The minimum absolute atomic E-state index is 0.0594. The summed E-state index contributed by atoms with van der Waals surface area (Å²) >= 11 is 0. The van der Waals surface area contributed by atoms with Crippen molar-refractivity contribution in [1.29, 1.82) is 0 Å². The predicted molar refractivity (Wildman–Crippen MR) is 205 cm³/mol. The topological polar surface area (TPSA) is 246 Å². The summed E-state index contributed by atoms with van der Waals surface area (Å²) in [6.07, 6.45) is -11.8. The predicted octanol–water partition coefficient (Wildman–Crippen LogP) is 2.65. The van der Waals surface area contributed by atoms with Crippen LogP contribution in [0.1, 0.15) is 102 Å². The van der Waals surface area contributed by atoms with Gasteiger partial charge in [0.05, 0.1) is 53.7 Å². The summed E-state index contributed by atoms with van der Waals surface area (Å²) in [6, 6.07) is -0.260. The van der Waals surface area contributed by atoms with Gasteiger partial charge in [-0.3, -0.25) is 9.69 Å². The molecule has 0 aromatic rings. The third-order valence-electron chi connectivity index (χ3n) is 12.9. The maximum absolute atomic E-state index is 14.3. The summed E-state index contributed by atoms with van der Waals surface area (Å²) in [6.45, 7) is 18.5. The Morgan fingerprint density at radius 3 is 2.14 bits per heavy atom. The quantitative estimate of drug-likeness (QED) is 0.0805. The van der Waals surface area contributed by atoms with Gasteiger partial charge in [0.2, 0.25) is 0 Å². The molecule has 326 valence electrons. The Bertz CT molecular complexity index is 1320. The van der Waals surface area contributed by atoms with E-state index in [0.717, 1.165) is 0 Å². The average molecular weight is 805 g/mol. The van der Waals surface area contributed by atoms with Crippen LogP contribution >= 0.6 is 0 Å². The number of methoxy groups -OCH3 is 1. The number of hydrogen-bond acceptors (Lipinski definition) is 15. The Morgan fingerprint density at radius 1 is 0.946 bits per heavy atom. The van der Waals surface area contributed by atoms with E-state index in [4.69, 9.17) is 34.0 Å². The fraction of sp³-hybridized carbons (Fsp3) is 0.974. The first-order chi connectivity index (χ1) is 25.8. The molecule has 3 aliphatic heterocycles. The van der Waals surface area contributed by atoms with Gasteiger partial charge < -0.3 is 59.1 Å². The highest BCUT2D eigenvalue weighted by molar-refractivity contribution is 5.73. The molecule has 19 atom stereocenters. The molecule has 0 amide bonds. The highest BCUT2D eigenvalue weighted by Crippen LogP contribution is 2.41. The number of azide groups is 1. The molecule has 17 nitrogen and oxygen atoms in total. The summed E-state index contributed by atoms with van der Waals surface area (Å²) < 4.78 is 37.4. The lowest BCUT2D eigenvalue weighted by atomic mass is 9.73. The second kappa shape index (κ2) is 19.6. The largest absolute Gasteiger partial charge is 0.459 e. The highest BCUT2D eigenvalue weighted by Gasteiger charge is 2.53.